The van der Waals surface area contributed by atoms with Gasteiger partial charge < -0.3 is 9.30 Å². The minimum atomic E-state index is 0.612. The molecule has 2 heterocycles. The van der Waals surface area contributed by atoms with Crippen molar-refractivity contribution in [3.05, 3.63) is 18.6 Å². The van der Waals surface area contributed by atoms with Gasteiger partial charge in [-0.1, -0.05) is 0 Å². The summed E-state index contributed by atoms with van der Waals surface area (Å²) in [5.41, 5.74) is 1.87. The standard InChI is InChI=1S/C9H11N3O/c1-3-13-9-8-7(4-5-10-9)12(2)6-11-8/h4-6H,3H2,1-2H3. The van der Waals surface area contributed by atoms with Crippen LogP contribution in [0, 0.1) is 0 Å². The molecule has 2 rings (SSSR count). The second kappa shape index (κ2) is 3.05. The molecule has 0 aliphatic carbocycles. The van der Waals surface area contributed by atoms with Gasteiger partial charge >= 0.3 is 0 Å². The van der Waals surface area contributed by atoms with E-state index < -0.39 is 0 Å². The molecule has 0 aliphatic rings. The van der Waals surface area contributed by atoms with Crippen LogP contribution >= 0.6 is 0 Å². The summed E-state index contributed by atoms with van der Waals surface area (Å²) < 4.78 is 7.29. The predicted octanol–water partition coefficient (Wildman–Crippen LogP) is 1.37. The normalized spacial score (nSPS) is 10.6. The van der Waals surface area contributed by atoms with E-state index in [1.54, 1.807) is 12.5 Å². The molecule has 0 aliphatic heterocycles. The van der Waals surface area contributed by atoms with Crippen molar-refractivity contribution >= 4 is 11.0 Å². The van der Waals surface area contributed by atoms with Crippen molar-refractivity contribution in [2.45, 2.75) is 6.92 Å². The van der Waals surface area contributed by atoms with Crippen LogP contribution in [0.3, 0.4) is 0 Å². The highest BCUT2D eigenvalue weighted by Crippen LogP contribution is 2.20. The van der Waals surface area contributed by atoms with Crippen molar-refractivity contribution in [3.63, 3.8) is 0 Å². The first kappa shape index (κ1) is 8.04. The highest BCUT2D eigenvalue weighted by atomic mass is 16.5. The predicted molar refractivity (Wildman–Crippen MR) is 49.7 cm³/mol. The molecule has 68 valence electrons. The van der Waals surface area contributed by atoms with E-state index in [-0.39, 0.29) is 0 Å². The van der Waals surface area contributed by atoms with Crippen molar-refractivity contribution in [1.29, 1.82) is 0 Å². The second-order valence-electron chi connectivity index (χ2n) is 2.77. The lowest BCUT2D eigenvalue weighted by Crippen LogP contribution is -1.95. The smallest absolute Gasteiger partial charge is 0.242 e. The average molecular weight is 177 g/mol. The Bertz CT molecular complexity index is 422. The molecule has 0 aromatic carbocycles. The number of pyridine rings is 1. The molecule has 0 amide bonds. The van der Waals surface area contributed by atoms with Crippen LogP contribution in [-0.2, 0) is 7.05 Å². The highest BCUT2D eigenvalue weighted by molar-refractivity contribution is 5.79. The van der Waals surface area contributed by atoms with Gasteiger partial charge in [0.2, 0.25) is 5.88 Å². The number of aryl methyl sites for hydroxylation is 1. The van der Waals surface area contributed by atoms with Crippen molar-refractivity contribution in [3.8, 4) is 5.88 Å². The zero-order valence-corrected chi connectivity index (χ0v) is 7.69. The Labute approximate surface area is 76.2 Å². The fraction of sp³-hybridized carbons (Fsp3) is 0.333. The molecule has 2 aromatic rings. The molecule has 0 fully saturated rings. The summed E-state index contributed by atoms with van der Waals surface area (Å²) in [5.74, 6) is 0.612. The Hall–Kier alpha value is -1.58. The summed E-state index contributed by atoms with van der Waals surface area (Å²) in [6.45, 7) is 2.55. The number of imidazole rings is 1. The molecule has 0 atom stereocenters. The van der Waals surface area contributed by atoms with Gasteiger partial charge in [-0.05, 0) is 13.0 Å². The monoisotopic (exact) mass is 177 g/mol. The van der Waals surface area contributed by atoms with Gasteiger partial charge in [-0.2, -0.15) is 0 Å². The van der Waals surface area contributed by atoms with E-state index in [0.717, 1.165) is 11.0 Å². The Morgan fingerprint density at radius 2 is 2.31 bits per heavy atom. The van der Waals surface area contributed by atoms with Crippen LogP contribution in [0.25, 0.3) is 11.0 Å². The van der Waals surface area contributed by atoms with Gasteiger partial charge in [0.1, 0.15) is 0 Å². The van der Waals surface area contributed by atoms with Crippen LogP contribution in [0.2, 0.25) is 0 Å². The van der Waals surface area contributed by atoms with E-state index in [4.69, 9.17) is 4.74 Å². The Balaban J connectivity index is 2.63. The van der Waals surface area contributed by atoms with Crippen molar-refractivity contribution < 1.29 is 4.74 Å². The van der Waals surface area contributed by atoms with Crippen molar-refractivity contribution in [2.75, 3.05) is 6.61 Å². The molecule has 0 N–H and O–H groups in total. The Kier molecular flexibility index (Phi) is 1.88. The van der Waals surface area contributed by atoms with Crippen LogP contribution in [0.5, 0.6) is 5.88 Å². The Morgan fingerprint density at radius 1 is 1.46 bits per heavy atom. The number of aromatic nitrogens is 3. The molecule has 2 aromatic heterocycles. The number of hydrogen-bond donors (Lipinski definition) is 0. The molecule has 0 saturated carbocycles. The molecular formula is C9H11N3O. The van der Waals surface area contributed by atoms with E-state index in [2.05, 4.69) is 9.97 Å². The lowest BCUT2D eigenvalue weighted by molar-refractivity contribution is 0.330. The minimum Gasteiger partial charge on any atom is -0.476 e. The number of ether oxygens (including phenoxy) is 1. The van der Waals surface area contributed by atoms with Crippen molar-refractivity contribution in [2.24, 2.45) is 7.05 Å². The van der Waals surface area contributed by atoms with Crippen LogP contribution in [-0.4, -0.2) is 21.1 Å². The maximum Gasteiger partial charge on any atom is 0.242 e. The zero-order chi connectivity index (χ0) is 9.26. The lowest BCUT2D eigenvalue weighted by Gasteiger charge is -2.01. The third-order valence-corrected chi connectivity index (χ3v) is 1.89. The molecule has 0 spiro atoms. The first-order valence-corrected chi connectivity index (χ1v) is 4.21. The third kappa shape index (κ3) is 1.24. The maximum absolute atomic E-state index is 5.35. The SMILES string of the molecule is CCOc1nccc2c1ncn2C. The summed E-state index contributed by atoms with van der Waals surface area (Å²) >= 11 is 0. The summed E-state index contributed by atoms with van der Waals surface area (Å²) in [6.07, 6.45) is 3.49. The molecule has 0 bridgehead atoms. The number of rotatable bonds is 2. The molecule has 0 radical (unpaired) electrons. The van der Waals surface area contributed by atoms with E-state index in [9.17, 15) is 0 Å². The fourth-order valence-corrected chi connectivity index (χ4v) is 1.28. The van der Waals surface area contributed by atoms with Gasteiger partial charge in [0.05, 0.1) is 18.5 Å². The average Bonchev–Trinajstić information content (AvgIpc) is 2.50. The number of fused-ring (bicyclic) bond motifs is 1. The summed E-state index contributed by atoms with van der Waals surface area (Å²) in [5, 5.41) is 0. The third-order valence-electron chi connectivity index (χ3n) is 1.89. The number of hydrogen-bond acceptors (Lipinski definition) is 3. The van der Waals surface area contributed by atoms with Crippen LogP contribution in [0.4, 0.5) is 0 Å². The maximum atomic E-state index is 5.35. The van der Waals surface area contributed by atoms with Gasteiger partial charge in [-0.15, -0.1) is 0 Å². The first-order chi connectivity index (χ1) is 6.33. The number of nitrogens with zero attached hydrogens (tertiary/aromatic N) is 3. The highest BCUT2D eigenvalue weighted by Gasteiger charge is 2.06. The summed E-state index contributed by atoms with van der Waals surface area (Å²) in [6, 6.07) is 1.92. The van der Waals surface area contributed by atoms with E-state index in [1.807, 2.05) is 24.6 Å². The van der Waals surface area contributed by atoms with Crippen molar-refractivity contribution in [1.82, 2.24) is 14.5 Å². The molecular weight excluding hydrogens is 166 g/mol. The van der Waals surface area contributed by atoms with Crippen LogP contribution in [0.1, 0.15) is 6.92 Å². The first-order valence-electron chi connectivity index (χ1n) is 4.21. The largest absolute Gasteiger partial charge is 0.476 e. The zero-order valence-electron chi connectivity index (χ0n) is 7.69. The van der Waals surface area contributed by atoms with E-state index in [1.165, 1.54) is 0 Å². The van der Waals surface area contributed by atoms with Gasteiger partial charge in [0, 0.05) is 13.2 Å². The van der Waals surface area contributed by atoms with Crippen LogP contribution < -0.4 is 4.74 Å². The second-order valence-corrected chi connectivity index (χ2v) is 2.77. The topological polar surface area (TPSA) is 39.9 Å². The molecule has 4 heteroatoms. The minimum absolute atomic E-state index is 0.612. The summed E-state index contributed by atoms with van der Waals surface area (Å²) in [7, 11) is 1.95. The summed E-state index contributed by atoms with van der Waals surface area (Å²) in [4.78, 5) is 8.32. The molecule has 4 nitrogen and oxygen atoms in total. The quantitative estimate of drug-likeness (QED) is 0.695. The van der Waals surface area contributed by atoms with E-state index >= 15 is 0 Å². The van der Waals surface area contributed by atoms with Crippen LogP contribution in [0.15, 0.2) is 18.6 Å². The van der Waals surface area contributed by atoms with Gasteiger partial charge in [-0.3, -0.25) is 0 Å². The fourth-order valence-electron chi connectivity index (χ4n) is 1.28. The molecule has 0 unspecified atom stereocenters. The molecule has 0 saturated heterocycles. The van der Waals surface area contributed by atoms with E-state index in [0.29, 0.717) is 12.5 Å². The van der Waals surface area contributed by atoms with Gasteiger partial charge in [0.25, 0.3) is 0 Å². The Morgan fingerprint density at radius 3 is 3.08 bits per heavy atom. The lowest BCUT2D eigenvalue weighted by atomic mass is 10.4. The molecule has 13 heavy (non-hydrogen) atoms. The van der Waals surface area contributed by atoms with Gasteiger partial charge in [0.15, 0.2) is 5.52 Å². The van der Waals surface area contributed by atoms with Gasteiger partial charge in [-0.25, -0.2) is 9.97 Å².